The summed E-state index contributed by atoms with van der Waals surface area (Å²) in [4.78, 5) is 8.60. The number of pyridine rings is 1. The van der Waals surface area contributed by atoms with Crippen LogP contribution in [0.3, 0.4) is 0 Å². The monoisotopic (exact) mass is 389 g/mol. The van der Waals surface area contributed by atoms with Gasteiger partial charge in [0.05, 0.1) is 27.4 Å². The second kappa shape index (κ2) is 7.78. The number of halogens is 1. The zero-order valence-corrected chi connectivity index (χ0v) is 15.8. The van der Waals surface area contributed by atoms with E-state index in [1.807, 2.05) is 24.3 Å². The molecule has 4 rings (SSSR count). The first-order chi connectivity index (χ1) is 12.7. The molecule has 0 aliphatic heterocycles. The summed E-state index contributed by atoms with van der Waals surface area (Å²) in [6, 6.07) is 7.80. The van der Waals surface area contributed by atoms with Gasteiger partial charge in [-0.05, 0) is 37.1 Å². The van der Waals surface area contributed by atoms with Gasteiger partial charge in [0.15, 0.2) is 5.13 Å². The Bertz CT molecular complexity index is 901. The summed E-state index contributed by atoms with van der Waals surface area (Å²) in [7, 11) is 0. The molecule has 7 heteroatoms. The molecule has 1 saturated carbocycles. The van der Waals surface area contributed by atoms with Crippen molar-refractivity contribution in [1.82, 2.24) is 9.97 Å². The van der Waals surface area contributed by atoms with Gasteiger partial charge >= 0.3 is 0 Å². The largest absolute Gasteiger partial charge is 0.489 e. The van der Waals surface area contributed by atoms with Crippen LogP contribution in [-0.4, -0.2) is 27.2 Å². The number of nitrogens with one attached hydrogen (secondary N) is 1. The Morgan fingerprint density at radius 3 is 3.00 bits per heavy atom. The highest BCUT2D eigenvalue weighted by Gasteiger charge is 2.23. The zero-order chi connectivity index (χ0) is 17.9. The van der Waals surface area contributed by atoms with Crippen LogP contribution in [0, 0.1) is 0 Å². The number of fused-ring (bicyclic) bond motifs is 1. The van der Waals surface area contributed by atoms with Gasteiger partial charge in [0.2, 0.25) is 0 Å². The van der Waals surface area contributed by atoms with Crippen LogP contribution in [-0.2, 0) is 6.61 Å². The average molecular weight is 390 g/mol. The number of aliphatic hydroxyl groups excluding tert-OH is 1. The molecule has 0 bridgehead atoms. The zero-order valence-electron chi connectivity index (χ0n) is 14.2. The fourth-order valence-electron chi connectivity index (χ4n) is 3.18. The van der Waals surface area contributed by atoms with Crippen molar-refractivity contribution < 1.29 is 9.84 Å². The molecule has 0 radical (unpaired) electrons. The second-order valence-corrected chi connectivity index (χ2v) is 7.94. The van der Waals surface area contributed by atoms with Crippen molar-refractivity contribution in [3.8, 4) is 5.75 Å². The van der Waals surface area contributed by atoms with Crippen LogP contribution in [0.15, 0.2) is 36.7 Å². The number of benzene rings is 1. The Morgan fingerprint density at radius 2 is 2.15 bits per heavy atom. The summed E-state index contributed by atoms with van der Waals surface area (Å²) >= 11 is 7.70. The Morgan fingerprint density at radius 1 is 1.27 bits per heavy atom. The highest BCUT2D eigenvalue weighted by Crippen LogP contribution is 2.31. The predicted octanol–water partition coefficient (Wildman–Crippen LogP) is 4.64. The Kier molecular flexibility index (Phi) is 5.24. The van der Waals surface area contributed by atoms with Gasteiger partial charge in [-0.25, -0.2) is 4.98 Å². The third kappa shape index (κ3) is 3.92. The van der Waals surface area contributed by atoms with Crippen molar-refractivity contribution in [2.45, 2.75) is 44.4 Å². The summed E-state index contributed by atoms with van der Waals surface area (Å²) < 4.78 is 6.92. The molecule has 2 atom stereocenters. The standard InChI is InChI=1S/C19H20ClN3O2S/c20-14-10-21-8-7-12(14)11-25-13-5-6-16-18(9-13)26-19(23-16)22-15-3-1-2-4-17(15)24/h5-10,15,17,24H,1-4,11H2,(H,22,23)/t15?,17-/m1/s1. The first-order valence-electron chi connectivity index (χ1n) is 8.75. The number of hydrogen-bond acceptors (Lipinski definition) is 6. The minimum Gasteiger partial charge on any atom is -0.489 e. The number of rotatable bonds is 5. The first kappa shape index (κ1) is 17.5. The summed E-state index contributed by atoms with van der Waals surface area (Å²) in [6.07, 6.45) is 7.12. The number of hydrogen-bond donors (Lipinski definition) is 2. The van der Waals surface area contributed by atoms with Crippen LogP contribution in [0.5, 0.6) is 5.75 Å². The van der Waals surface area contributed by atoms with E-state index >= 15 is 0 Å². The van der Waals surface area contributed by atoms with Crippen molar-refractivity contribution >= 4 is 38.3 Å². The van der Waals surface area contributed by atoms with E-state index in [-0.39, 0.29) is 12.1 Å². The van der Waals surface area contributed by atoms with E-state index in [1.165, 1.54) is 0 Å². The number of thiazole rings is 1. The van der Waals surface area contributed by atoms with Gasteiger partial charge < -0.3 is 15.2 Å². The molecule has 1 aliphatic carbocycles. The van der Waals surface area contributed by atoms with Gasteiger partial charge in [0.25, 0.3) is 0 Å². The van der Waals surface area contributed by atoms with Crippen molar-refractivity contribution in [3.63, 3.8) is 0 Å². The molecule has 1 aromatic carbocycles. The third-order valence-corrected chi connectivity index (χ3v) is 5.94. The van der Waals surface area contributed by atoms with Crippen LogP contribution >= 0.6 is 22.9 Å². The lowest BCUT2D eigenvalue weighted by Gasteiger charge is -2.27. The SMILES string of the molecule is O[C@@H]1CCCCC1Nc1nc2ccc(OCc3ccncc3Cl)cc2s1. The molecular formula is C19H20ClN3O2S. The highest BCUT2D eigenvalue weighted by atomic mass is 35.5. The predicted molar refractivity (Wildman–Crippen MR) is 105 cm³/mol. The van der Waals surface area contributed by atoms with Gasteiger partial charge in [-0.1, -0.05) is 35.8 Å². The van der Waals surface area contributed by atoms with E-state index in [4.69, 9.17) is 16.3 Å². The maximum Gasteiger partial charge on any atom is 0.184 e. The van der Waals surface area contributed by atoms with Gasteiger partial charge in [-0.2, -0.15) is 0 Å². The van der Waals surface area contributed by atoms with Crippen LogP contribution in [0.1, 0.15) is 31.2 Å². The van der Waals surface area contributed by atoms with Gasteiger partial charge in [0, 0.05) is 18.0 Å². The molecule has 1 fully saturated rings. The molecule has 0 spiro atoms. The molecule has 2 N–H and O–H groups in total. The smallest absolute Gasteiger partial charge is 0.184 e. The molecular weight excluding hydrogens is 370 g/mol. The lowest BCUT2D eigenvalue weighted by atomic mass is 9.93. The van der Waals surface area contributed by atoms with Gasteiger partial charge in [0.1, 0.15) is 12.4 Å². The van der Waals surface area contributed by atoms with E-state index in [0.29, 0.717) is 11.6 Å². The molecule has 1 unspecified atom stereocenters. The number of aromatic nitrogens is 2. The minimum absolute atomic E-state index is 0.0915. The van der Waals surface area contributed by atoms with Gasteiger partial charge in [-0.15, -0.1) is 0 Å². The van der Waals surface area contributed by atoms with Crippen LogP contribution in [0.4, 0.5) is 5.13 Å². The maximum absolute atomic E-state index is 10.1. The second-order valence-electron chi connectivity index (χ2n) is 6.51. The molecule has 0 saturated heterocycles. The quantitative estimate of drug-likeness (QED) is 0.665. The van der Waals surface area contributed by atoms with Crippen molar-refractivity contribution in [3.05, 3.63) is 47.2 Å². The van der Waals surface area contributed by atoms with Gasteiger partial charge in [-0.3, -0.25) is 4.98 Å². The average Bonchev–Trinajstić information content (AvgIpc) is 3.04. The Hall–Kier alpha value is -1.89. The molecule has 5 nitrogen and oxygen atoms in total. The molecule has 136 valence electrons. The van der Waals surface area contributed by atoms with Crippen molar-refractivity contribution in [2.24, 2.45) is 0 Å². The fourth-order valence-corrected chi connectivity index (χ4v) is 4.31. The number of anilines is 1. The molecule has 26 heavy (non-hydrogen) atoms. The molecule has 2 heterocycles. The molecule has 3 aromatic rings. The molecule has 1 aliphatic rings. The summed E-state index contributed by atoms with van der Waals surface area (Å²) in [5, 5.41) is 15.0. The fraction of sp³-hybridized carbons (Fsp3) is 0.368. The van der Waals surface area contributed by atoms with Crippen molar-refractivity contribution in [2.75, 3.05) is 5.32 Å². The number of ether oxygens (including phenoxy) is 1. The van der Waals surface area contributed by atoms with Crippen molar-refractivity contribution in [1.29, 1.82) is 0 Å². The summed E-state index contributed by atoms with van der Waals surface area (Å²) in [5.41, 5.74) is 1.83. The number of nitrogens with zero attached hydrogens (tertiary/aromatic N) is 2. The number of aliphatic hydroxyl groups is 1. The normalized spacial score (nSPS) is 20.2. The van der Waals surface area contributed by atoms with Crippen LogP contribution in [0.2, 0.25) is 5.02 Å². The third-order valence-electron chi connectivity index (χ3n) is 4.65. The molecule has 0 amide bonds. The van der Waals surface area contributed by atoms with Crippen LogP contribution in [0.25, 0.3) is 10.2 Å². The highest BCUT2D eigenvalue weighted by molar-refractivity contribution is 7.22. The maximum atomic E-state index is 10.1. The topological polar surface area (TPSA) is 67.3 Å². The van der Waals surface area contributed by atoms with E-state index in [2.05, 4.69) is 15.3 Å². The molecule has 2 aromatic heterocycles. The van der Waals surface area contributed by atoms with E-state index in [0.717, 1.165) is 52.3 Å². The summed E-state index contributed by atoms with van der Waals surface area (Å²) in [5.74, 6) is 0.776. The Labute approximate surface area is 161 Å². The lowest BCUT2D eigenvalue weighted by Crippen LogP contribution is -2.36. The van der Waals surface area contributed by atoms with E-state index in [1.54, 1.807) is 23.7 Å². The van der Waals surface area contributed by atoms with E-state index in [9.17, 15) is 5.11 Å². The minimum atomic E-state index is -0.292. The first-order valence-corrected chi connectivity index (χ1v) is 9.95. The summed E-state index contributed by atoms with van der Waals surface area (Å²) in [6.45, 7) is 0.394. The Balaban J connectivity index is 1.46. The van der Waals surface area contributed by atoms with E-state index < -0.39 is 0 Å². The lowest BCUT2D eigenvalue weighted by molar-refractivity contribution is 0.116. The van der Waals surface area contributed by atoms with Crippen LogP contribution < -0.4 is 10.1 Å².